The molecule has 3 aromatic rings. The summed E-state index contributed by atoms with van der Waals surface area (Å²) in [7, 11) is 0. The number of thiazole rings is 1. The molecule has 0 radical (unpaired) electrons. The standard InChI is InChI=1S/C21H21N3O2S2/c1-15-6-8-16(9-7-15)20(26)24-12-10-23(11-13-24)19(25)14-27-21-22-17-4-2-3-5-18(17)28-21/h2-9H,10-14H2,1H3. The Morgan fingerprint density at radius 3 is 2.39 bits per heavy atom. The predicted molar refractivity (Wildman–Crippen MR) is 114 cm³/mol. The Balaban J connectivity index is 1.28. The van der Waals surface area contributed by atoms with E-state index in [-0.39, 0.29) is 11.8 Å². The molecule has 2 heterocycles. The molecule has 0 atom stereocenters. The molecular weight excluding hydrogens is 390 g/mol. The number of hydrogen-bond donors (Lipinski definition) is 0. The normalized spacial score (nSPS) is 14.5. The molecule has 28 heavy (non-hydrogen) atoms. The number of nitrogens with zero attached hydrogens (tertiary/aromatic N) is 3. The Labute approximate surface area is 172 Å². The second kappa shape index (κ2) is 8.32. The molecule has 0 bridgehead atoms. The van der Waals surface area contributed by atoms with Gasteiger partial charge < -0.3 is 9.80 Å². The van der Waals surface area contributed by atoms with Crippen molar-refractivity contribution < 1.29 is 9.59 Å². The van der Waals surface area contributed by atoms with E-state index in [0.29, 0.717) is 37.5 Å². The summed E-state index contributed by atoms with van der Waals surface area (Å²) >= 11 is 3.11. The highest BCUT2D eigenvalue weighted by Gasteiger charge is 2.25. The van der Waals surface area contributed by atoms with Gasteiger partial charge in [-0.15, -0.1) is 11.3 Å². The third-order valence-electron chi connectivity index (χ3n) is 4.81. The first-order valence-corrected chi connectivity index (χ1v) is 11.0. The minimum atomic E-state index is 0.0379. The van der Waals surface area contributed by atoms with Crippen LogP contribution in [0.2, 0.25) is 0 Å². The van der Waals surface area contributed by atoms with Gasteiger partial charge in [-0.05, 0) is 31.2 Å². The lowest BCUT2D eigenvalue weighted by atomic mass is 10.1. The zero-order chi connectivity index (χ0) is 19.5. The van der Waals surface area contributed by atoms with E-state index in [1.165, 1.54) is 11.8 Å². The van der Waals surface area contributed by atoms with Gasteiger partial charge in [0.05, 0.1) is 16.0 Å². The average Bonchev–Trinajstić information content (AvgIpc) is 3.15. The number of piperazine rings is 1. The highest BCUT2D eigenvalue weighted by molar-refractivity contribution is 8.01. The fourth-order valence-electron chi connectivity index (χ4n) is 3.17. The number of benzene rings is 2. The fraction of sp³-hybridized carbons (Fsp3) is 0.286. The lowest BCUT2D eigenvalue weighted by Crippen LogP contribution is -2.51. The van der Waals surface area contributed by atoms with Gasteiger partial charge in [0.25, 0.3) is 5.91 Å². The second-order valence-electron chi connectivity index (χ2n) is 6.78. The summed E-state index contributed by atoms with van der Waals surface area (Å²) in [5.41, 5.74) is 2.82. The van der Waals surface area contributed by atoms with Gasteiger partial charge in [-0.2, -0.15) is 0 Å². The Hall–Kier alpha value is -2.38. The van der Waals surface area contributed by atoms with Crippen molar-refractivity contribution in [2.75, 3.05) is 31.9 Å². The number of aromatic nitrogens is 1. The summed E-state index contributed by atoms with van der Waals surface area (Å²) in [6.45, 7) is 4.31. The summed E-state index contributed by atoms with van der Waals surface area (Å²) in [5, 5.41) is 0. The molecule has 1 aliphatic rings. The van der Waals surface area contributed by atoms with Crippen LogP contribution in [0.4, 0.5) is 0 Å². The summed E-state index contributed by atoms with van der Waals surface area (Å²) in [6, 6.07) is 15.6. The Bertz CT molecular complexity index is 959. The van der Waals surface area contributed by atoms with Crippen LogP contribution in [0.25, 0.3) is 10.2 Å². The molecule has 0 unspecified atom stereocenters. The maximum absolute atomic E-state index is 12.6. The summed E-state index contributed by atoms with van der Waals surface area (Å²) in [4.78, 5) is 33.4. The van der Waals surface area contributed by atoms with Gasteiger partial charge in [0.2, 0.25) is 5.91 Å². The van der Waals surface area contributed by atoms with E-state index in [9.17, 15) is 9.59 Å². The van der Waals surface area contributed by atoms with Gasteiger partial charge in [-0.1, -0.05) is 41.6 Å². The molecule has 7 heteroatoms. The van der Waals surface area contributed by atoms with E-state index >= 15 is 0 Å². The topological polar surface area (TPSA) is 53.5 Å². The van der Waals surface area contributed by atoms with Crippen LogP contribution >= 0.6 is 23.1 Å². The average molecular weight is 412 g/mol. The minimum Gasteiger partial charge on any atom is -0.338 e. The number of carbonyl (C=O) groups excluding carboxylic acids is 2. The van der Waals surface area contributed by atoms with Crippen molar-refractivity contribution >= 4 is 45.1 Å². The van der Waals surface area contributed by atoms with Crippen LogP contribution in [0.15, 0.2) is 52.9 Å². The van der Waals surface area contributed by atoms with Crippen LogP contribution in [0.3, 0.4) is 0 Å². The number of fused-ring (bicyclic) bond motifs is 1. The maximum Gasteiger partial charge on any atom is 0.253 e. The summed E-state index contributed by atoms with van der Waals surface area (Å²) < 4.78 is 2.06. The van der Waals surface area contributed by atoms with Gasteiger partial charge in [0.15, 0.2) is 4.34 Å². The van der Waals surface area contributed by atoms with Crippen molar-refractivity contribution in [3.63, 3.8) is 0 Å². The van der Waals surface area contributed by atoms with Crippen molar-refractivity contribution in [1.82, 2.24) is 14.8 Å². The van der Waals surface area contributed by atoms with Crippen molar-refractivity contribution in [2.45, 2.75) is 11.3 Å². The van der Waals surface area contributed by atoms with E-state index in [4.69, 9.17) is 0 Å². The third-order valence-corrected chi connectivity index (χ3v) is 6.98. The van der Waals surface area contributed by atoms with Crippen LogP contribution in [0, 0.1) is 6.92 Å². The first kappa shape index (κ1) is 19.0. The summed E-state index contributed by atoms with van der Waals surface area (Å²) in [5.74, 6) is 0.522. The molecule has 1 aromatic heterocycles. The zero-order valence-electron chi connectivity index (χ0n) is 15.6. The van der Waals surface area contributed by atoms with E-state index in [0.717, 1.165) is 20.1 Å². The molecule has 144 valence electrons. The Kier molecular flexibility index (Phi) is 5.64. The Morgan fingerprint density at radius 1 is 1.00 bits per heavy atom. The number of rotatable bonds is 4. The lowest BCUT2D eigenvalue weighted by Gasteiger charge is -2.34. The smallest absolute Gasteiger partial charge is 0.253 e. The van der Waals surface area contributed by atoms with Gasteiger partial charge >= 0.3 is 0 Å². The van der Waals surface area contributed by atoms with Crippen LogP contribution in [0.1, 0.15) is 15.9 Å². The van der Waals surface area contributed by atoms with Crippen LogP contribution in [-0.2, 0) is 4.79 Å². The van der Waals surface area contributed by atoms with Crippen LogP contribution < -0.4 is 0 Å². The lowest BCUT2D eigenvalue weighted by molar-refractivity contribution is -0.129. The third kappa shape index (κ3) is 4.20. The van der Waals surface area contributed by atoms with E-state index in [1.807, 2.05) is 65.3 Å². The number of carbonyl (C=O) groups is 2. The monoisotopic (exact) mass is 411 g/mol. The fourth-order valence-corrected chi connectivity index (χ4v) is 5.14. The van der Waals surface area contributed by atoms with Crippen molar-refractivity contribution in [1.29, 1.82) is 0 Å². The molecule has 1 saturated heterocycles. The summed E-state index contributed by atoms with van der Waals surface area (Å²) in [6.07, 6.45) is 0. The SMILES string of the molecule is Cc1ccc(C(=O)N2CCN(C(=O)CSc3nc4ccccc4s3)CC2)cc1. The maximum atomic E-state index is 12.6. The highest BCUT2D eigenvalue weighted by Crippen LogP contribution is 2.29. The number of amides is 2. The first-order valence-electron chi connectivity index (χ1n) is 9.22. The van der Waals surface area contributed by atoms with Crippen molar-refractivity contribution in [3.8, 4) is 0 Å². The van der Waals surface area contributed by atoms with Gasteiger partial charge in [0, 0.05) is 31.7 Å². The molecule has 0 N–H and O–H groups in total. The first-order chi connectivity index (χ1) is 13.6. The largest absolute Gasteiger partial charge is 0.338 e. The Morgan fingerprint density at radius 2 is 1.68 bits per heavy atom. The molecule has 0 saturated carbocycles. The molecule has 0 aliphatic carbocycles. The molecular formula is C21H21N3O2S2. The van der Waals surface area contributed by atoms with Crippen LogP contribution in [0.5, 0.6) is 0 Å². The van der Waals surface area contributed by atoms with Crippen molar-refractivity contribution in [2.24, 2.45) is 0 Å². The van der Waals surface area contributed by atoms with E-state index in [1.54, 1.807) is 11.3 Å². The number of thioether (sulfide) groups is 1. The molecule has 2 amide bonds. The van der Waals surface area contributed by atoms with E-state index < -0.39 is 0 Å². The number of para-hydroxylation sites is 1. The number of hydrogen-bond acceptors (Lipinski definition) is 5. The number of aryl methyl sites for hydroxylation is 1. The molecule has 0 spiro atoms. The molecule has 5 nitrogen and oxygen atoms in total. The molecule has 4 rings (SSSR count). The van der Waals surface area contributed by atoms with Crippen molar-refractivity contribution in [3.05, 3.63) is 59.7 Å². The second-order valence-corrected chi connectivity index (χ2v) is 9.03. The molecule has 1 fully saturated rings. The van der Waals surface area contributed by atoms with E-state index in [2.05, 4.69) is 4.98 Å². The zero-order valence-corrected chi connectivity index (χ0v) is 17.3. The van der Waals surface area contributed by atoms with Crippen LogP contribution in [-0.4, -0.2) is 58.5 Å². The molecule has 1 aliphatic heterocycles. The minimum absolute atomic E-state index is 0.0379. The quantitative estimate of drug-likeness (QED) is 0.615. The highest BCUT2D eigenvalue weighted by atomic mass is 32.2. The van der Waals surface area contributed by atoms with Gasteiger partial charge in [-0.3, -0.25) is 9.59 Å². The van der Waals surface area contributed by atoms with Gasteiger partial charge in [0.1, 0.15) is 0 Å². The molecule has 2 aromatic carbocycles. The predicted octanol–water partition coefficient (Wildman–Crippen LogP) is 3.68. The van der Waals surface area contributed by atoms with Gasteiger partial charge in [-0.25, -0.2) is 4.98 Å².